The molecule has 0 spiro atoms. The average molecular weight is 337 g/mol. The third-order valence-corrected chi connectivity index (χ3v) is 4.98. The van der Waals surface area contributed by atoms with Gasteiger partial charge in [0, 0.05) is 17.5 Å². The van der Waals surface area contributed by atoms with Crippen molar-refractivity contribution in [3.63, 3.8) is 0 Å². The van der Waals surface area contributed by atoms with Gasteiger partial charge in [-0.2, -0.15) is 0 Å². The molecule has 5 nitrogen and oxygen atoms in total. The lowest BCUT2D eigenvalue weighted by Gasteiger charge is -2.27. The van der Waals surface area contributed by atoms with Crippen LogP contribution >= 0.6 is 11.8 Å². The van der Waals surface area contributed by atoms with Crippen molar-refractivity contribution in [1.82, 2.24) is 4.90 Å². The van der Waals surface area contributed by atoms with Gasteiger partial charge in [-0.25, -0.2) is 0 Å². The molecule has 1 amide bonds. The van der Waals surface area contributed by atoms with E-state index in [1.54, 1.807) is 18.9 Å². The first-order valence-corrected chi connectivity index (χ1v) is 8.64. The van der Waals surface area contributed by atoms with Gasteiger partial charge in [0.05, 0.1) is 18.3 Å². The highest BCUT2D eigenvalue weighted by Gasteiger charge is 2.36. The van der Waals surface area contributed by atoms with Gasteiger partial charge >= 0.3 is 5.97 Å². The van der Waals surface area contributed by atoms with Crippen molar-refractivity contribution in [2.75, 3.05) is 13.7 Å². The molecule has 0 aromatic heterocycles. The molecule has 0 aliphatic heterocycles. The summed E-state index contributed by atoms with van der Waals surface area (Å²) in [5.74, 6) is -0.610. The largest absolute Gasteiger partial charge is 0.497 e. The Hall–Kier alpha value is -1.69. The third-order valence-electron chi connectivity index (χ3n) is 3.88. The summed E-state index contributed by atoms with van der Waals surface area (Å²) in [6.07, 6.45) is 1.94. The molecule has 2 rings (SSSR count). The molecular weight excluding hydrogens is 314 g/mol. The zero-order valence-corrected chi connectivity index (χ0v) is 14.5. The first-order valence-electron chi connectivity index (χ1n) is 7.76. The Bertz CT molecular complexity index is 556. The molecular formula is C17H23NO4S. The molecule has 2 unspecified atom stereocenters. The van der Waals surface area contributed by atoms with Gasteiger partial charge in [0.2, 0.25) is 5.91 Å². The van der Waals surface area contributed by atoms with Crippen molar-refractivity contribution < 1.29 is 19.4 Å². The van der Waals surface area contributed by atoms with Gasteiger partial charge < -0.3 is 14.7 Å². The molecule has 1 aromatic carbocycles. The number of thioether (sulfide) groups is 1. The summed E-state index contributed by atoms with van der Waals surface area (Å²) in [6.45, 7) is 3.80. The zero-order chi connectivity index (χ0) is 17.0. The predicted molar refractivity (Wildman–Crippen MR) is 89.8 cm³/mol. The average Bonchev–Trinajstić information content (AvgIpc) is 3.37. The van der Waals surface area contributed by atoms with Gasteiger partial charge in [0.1, 0.15) is 5.75 Å². The van der Waals surface area contributed by atoms with Crippen LogP contribution in [-0.4, -0.2) is 46.8 Å². The SMILES string of the molecule is COc1ccc(SC(C)C(=O)N(CC(C)C(=O)O)C2CC2)cc1. The van der Waals surface area contributed by atoms with Gasteiger partial charge in [0.15, 0.2) is 0 Å². The van der Waals surface area contributed by atoms with E-state index in [-0.39, 0.29) is 23.7 Å². The minimum absolute atomic E-state index is 0.0152. The molecule has 0 saturated heterocycles. The van der Waals surface area contributed by atoms with Crippen LogP contribution in [0.5, 0.6) is 5.75 Å². The first kappa shape index (κ1) is 17.7. The maximum Gasteiger partial charge on any atom is 0.308 e. The van der Waals surface area contributed by atoms with Crippen molar-refractivity contribution in [1.29, 1.82) is 0 Å². The van der Waals surface area contributed by atoms with E-state index in [9.17, 15) is 9.59 Å². The number of carbonyl (C=O) groups excluding carboxylic acids is 1. The van der Waals surface area contributed by atoms with Crippen LogP contribution in [0.1, 0.15) is 26.7 Å². The van der Waals surface area contributed by atoms with Gasteiger partial charge in [0.25, 0.3) is 0 Å². The Morgan fingerprint density at radius 3 is 2.39 bits per heavy atom. The van der Waals surface area contributed by atoms with Crippen LogP contribution in [-0.2, 0) is 9.59 Å². The number of aliphatic carboxylic acids is 1. The van der Waals surface area contributed by atoms with Gasteiger partial charge in [-0.1, -0.05) is 6.92 Å². The lowest BCUT2D eigenvalue weighted by molar-refractivity contribution is -0.143. The van der Waals surface area contributed by atoms with E-state index in [0.29, 0.717) is 0 Å². The highest BCUT2D eigenvalue weighted by molar-refractivity contribution is 8.00. The van der Waals surface area contributed by atoms with Crippen LogP contribution in [0, 0.1) is 5.92 Å². The molecule has 1 aromatic rings. The molecule has 1 N–H and O–H groups in total. The smallest absolute Gasteiger partial charge is 0.308 e. The van der Waals surface area contributed by atoms with Crippen molar-refractivity contribution in [2.45, 2.75) is 42.9 Å². The van der Waals surface area contributed by atoms with E-state index in [0.717, 1.165) is 23.5 Å². The summed E-state index contributed by atoms with van der Waals surface area (Å²) < 4.78 is 5.13. The number of carbonyl (C=O) groups is 2. The molecule has 6 heteroatoms. The maximum atomic E-state index is 12.7. The van der Waals surface area contributed by atoms with Crippen LogP contribution in [0.2, 0.25) is 0 Å². The van der Waals surface area contributed by atoms with Crippen LogP contribution < -0.4 is 4.74 Å². The van der Waals surface area contributed by atoms with Crippen LogP contribution in [0.3, 0.4) is 0 Å². The van der Waals surface area contributed by atoms with Crippen LogP contribution in [0.15, 0.2) is 29.2 Å². The second-order valence-corrected chi connectivity index (χ2v) is 7.31. The number of ether oxygens (including phenoxy) is 1. The number of benzene rings is 1. The summed E-state index contributed by atoms with van der Waals surface area (Å²) in [7, 11) is 1.62. The standard InChI is InChI=1S/C17H23NO4S/c1-11(17(20)21)10-18(13-4-5-13)16(19)12(2)23-15-8-6-14(22-3)7-9-15/h6-9,11-13H,4-5,10H2,1-3H3,(H,20,21). The number of nitrogens with zero attached hydrogens (tertiary/aromatic N) is 1. The Morgan fingerprint density at radius 1 is 1.30 bits per heavy atom. The fourth-order valence-corrected chi connectivity index (χ4v) is 3.26. The molecule has 1 aliphatic carbocycles. The van der Waals surface area contributed by atoms with Crippen molar-refractivity contribution in [3.8, 4) is 5.75 Å². The minimum Gasteiger partial charge on any atom is -0.497 e. The first-order chi connectivity index (χ1) is 10.9. The van der Waals surface area contributed by atoms with Crippen LogP contribution in [0.4, 0.5) is 0 Å². The Balaban J connectivity index is 1.99. The monoisotopic (exact) mass is 337 g/mol. The van der Waals surface area contributed by atoms with Crippen molar-refractivity contribution >= 4 is 23.6 Å². The van der Waals surface area contributed by atoms with E-state index in [4.69, 9.17) is 9.84 Å². The summed E-state index contributed by atoms with van der Waals surface area (Å²) in [5.41, 5.74) is 0. The minimum atomic E-state index is -0.862. The number of amides is 1. The zero-order valence-electron chi connectivity index (χ0n) is 13.7. The van der Waals surface area contributed by atoms with E-state index < -0.39 is 11.9 Å². The molecule has 0 heterocycles. The van der Waals surface area contributed by atoms with Gasteiger partial charge in [-0.05, 0) is 44.0 Å². The van der Waals surface area contributed by atoms with Crippen LogP contribution in [0.25, 0.3) is 0 Å². The Kier molecular flexibility index (Phi) is 5.93. The highest BCUT2D eigenvalue weighted by atomic mass is 32.2. The predicted octanol–water partition coefficient (Wildman–Crippen LogP) is 2.89. The second-order valence-electron chi connectivity index (χ2n) is 5.90. The molecule has 0 radical (unpaired) electrons. The Labute approximate surface area is 141 Å². The van der Waals surface area contributed by atoms with E-state index in [1.165, 1.54) is 11.8 Å². The molecule has 1 saturated carbocycles. The topological polar surface area (TPSA) is 66.8 Å². The normalized spacial score (nSPS) is 16.5. The number of hydrogen-bond donors (Lipinski definition) is 1. The third kappa shape index (κ3) is 4.89. The summed E-state index contributed by atoms with van der Waals surface area (Å²) in [5, 5.41) is 8.84. The molecule has 126 valence electrons. The summed E-state index contributed by atoms with van der Waals surface area (Å²) >= 11 is 1.49. The Morgan fingerprint density at radius 2 is 1.91 bits per heavy atom. The van der Waals surface area contributed by atoms with E-state index >= 15 is 0 Å². The van der Waals surface area contributed by atoms with Crippen molar-refractivity contribution in [3.05, 3.63) is 24.3 Å². The quantitative estimate of drug-likeness (QED) is 0.739. The lowest BCUT2D eigenvalue weighted by atomic mass is 10.1. The lowest BCUT2D eigenvalue weighted by Crippen LogP contribution is -2.42. The van der Waals surface area contributed by atoms with Gasteiger partial charge in [-0.15, -0.1) is 11.8 Å². The van der Waals surface area contributed by atoms with E-state index in [1.807, 2.05) is 31.2 Å². The molecule has 0 bridgehead atoms. The number of rotatable bonds is 8. The maximum absolute atomic E-state index is 12.7. The second kappa shape index (κ2) is 7.73. The highest BCUT2D eigenvalue weighted by Crippen LogP contribution is 2.32. The molecule has 23 heavy (non-hydrogen) atoms. The number of carboxylic acids is 1. The fraction of sp³-hybridized carbons (Fsp3) is 0.529. The molecule has 2 atom stereocenters. The number of hydrogen-bond acceptors (Lipinski definition) is 4. The summed E-state index contributed by atoms with van der Waals surface area (Å²) in [6, 6.07) is 7.79. The fourth-order valence-electron chi connectivity index (χ4n) is 2.32. The summed E-state index contributed by atoms with van der Waals surface area (Å²) in [4.78, 5) is 26.5. The number of methoxy groups -OCH3 is 1. The van der Waals surface area contributed by atoms with E-state index in [2.05, 4.69) is 0 Å². The van der Waals surface area contributed by atoms with Crippen molar-refractivity contribution in [2.24, 2.45) is 5.92 Å². The molecule has 1 aliphatic rings. The molecule has 1 fully saturated rings. The van der Waals surface area contributed by atoms with Gasteiger partial charge in [-0.3, -0.25) is 9.59 Å². The number of carboxylic acid groups (broad SMARTS) is 1.